The van der Waals surface area contributed by atoms with Gasteiger partial charge in [0.25, 0.3) is 0 Å². The fraction of sp³-hybridized carbons (Fsp3) is 0.154. The normalized spacial score (nSPS) is 10.7. The lowest BCUT2D eigenvalue weighted by Gasteiger charge is -2.04. The molecule has 1 aromatic heterocycles. The molecule has 0 atom stereocenters. The summed E-state index contributed by atoms with van der Waals surface area (Å²) in [7, 11) is 0. The molecule has 0 saturated carbocycles. The van der Waals surface area contributed by atoms with Gasteiger partial charge in [-0.1, -0.05) is 11.6 Å². The van der Waals surface area contributed by atoms with E-state index in [4.69, 9.17) is 11.6 Å². The van der Waals surface area contributed by atoms with E-state index in [1.165, 1.54) is 24.3 Å². The highest BCUT2D eigenvalue weighted by Gasteiger charge is 2.15. The van der Waals surface area contributed by atoms with Crippen LogP contribution in [0, 0.1) is 18.6 Å². The second-order valence-corrected chi connectivity index (χ2v) is 5.69. The van der Waals surface area contributed by atoms with Crippen LogP contribution in [0.5, 0.6) is 0 Å². The van der Waals surface area contributed by atoms with Crippen LogP contribution >= 0.6 is 22.9 Å². The molecule has 0 aliphatic carbocycles. The Morgan fingerprint density at radius 2 is 2.00 bits per heavy atom. The number of ketones is 1. The lowest BCUT2D eigenvalue weighted by Crippen LogP contribution is -2.06. The van der Waals surface area contributed by atoms with Gasteiger partial charge in [0.15, 0.2) is 5.78 Å². The van der Waals surface area contributed by atoms with Crippen LogP contribution in [0.2, 0.25) is 4.34 Å². The minimum atomic E-state index is -0.828. The Morgan fingerprint density at radius 3 is 2.61 bits per heavy atom. The molecule has 0 unspecified atom stereocenters. The van der Waals surface area contributed by atoms with E-state index in [0.29, 0.717) is 4.34 Å². The van der Waals surface area contributed by atoms with E-state index in [1.807, 2.05) is 0 Å². The fourth-order valence-corrected chi connectivity index (χ4v) is 2.66. The van der Waals surface area contributed by atoms with Gasteiger partial charge in [0.1, 0.15) is 11.6 Å². The summed E-state index contributed by atoms with van der Waals surface area (Å²) in [6.45, 7) is 1.49. The summed E-state index contributed by atoms with van der Waals surface area (Å²) in [4.78, 5) is 12.7. The van der Waals surface area contributed by atoms with Gasteiger partial charge in [-0.05, 0) is 30.7 Å². The van der Waals surface area contributed by atoms with Crippen LogP contribution in [0.1, 0.15) is 20.8 Å². The Bertz CT molecular complexity index is 607. The van der Waals surface area contributed by atoms with E-state index in [-0.39, 0.29) is 23.3 Å². The largest absolute Gasteiger partial charge is 0.294 e. The average molecular weight is 287 g/mol. The van der Waals surface area contributed by atoms with Crippen molar-refractivity contribution in [3.05, 3.63) is 56.2 Å². The first kappa shape index (κ1) is 13.2. The number of benzene rings is 1. The first-order valence-electron chi connectivity index (χ1n) is 5.20. The minimum absolute atomic E-state index is 0.0688. The highest BCUT2D eigenvalue weighted by molar-refractivity contribution is 7.16. The molecule has 0 N–H and O–H groups in total. The van der Waals surface area contributed by atoms with E-state index in [1.54, 1.807) is 12.1 Å². The summed E-state index contributed by atoms with van der Waals surface area (Å²) >= 11 is 7.02. The zero-order chi connectivity index (χ0) is 13.3. The Labute approximate surface area is 112 Å². The van der Waals surface area contributed by atoms with Crippen LogP contribution in [-0.2, 0) is 6.42 Å². The van der Waals surface area contributed by atoms with Gasteiger partial charge in [-0.25, -0.2) is 8.78 Å². The summed E-state index contributed by atoms with van der Waals surface area (Å²) in [5.41, 5.74) is 0.169. The van der Waals surface area contributed by atoms with Gasteiger partial charge in [0.05, 0.1) is 9.90 Å². The summed E-state index contributed by atoms with van der Waals surface area (Å²) < 4.78 is 27.2. The third-order valence-electron chi connectivity index (χ3n) is 2.51. The van der Waals surface area contributed by atoms with Crippen molar-refractivity contribution in [1.82, 2.24) is 0 Å². The summed E-state index contributed by atoms with van der Waals surface area (Å²) in [6, 6.07) is 5.38. The molecule has 0 bridgehead atoms. The topological polar surface area (TPSA) is 17.1 Å². The van der Waals surface area contributed by atoms with Crippen molar-refractivity contribution in [2.45, 2.75) is 13.3 Å². The zero-order valence-corrected chi connectivity index (χ0v) is 11.0. The molecule has 94 valence electrons. The number of carbonyl (C=O) groups excluding carboxylic acids is 1. The molecule has 2 aromatic rings. The smallest absolute Gasteiger partial charge is 0.171 e. The number of rotatable bonds is 3. The van der Waals surface area contributed by atoms with E-state index in [0.717, 1.165) is 10.9 Å². The van der Waals surface area contributed by atoms with Crippen molar-refractivity contribution in [1.29, 1.82) is 0 Å². The predicted molar refractivity (Wildman–Crippen MR) is 68.5 cm³/mol. The maximum atomic E-state index is 13.5. The average Bonchev–Trinajstić information content (AvgIpc) is 2.69. The molecule has 0 saturated heterocycles. The second-order valence-electron chi connectivity index (χ2n) is 3.89. The molecule has 0 amide bonds. The molecule has 1 aromatic carbocycles. The molecule has 0 aliphatic rings. The van der Waals surface area contributed by atoms with Crippen LogP contribution in [0.15, 0.2) is 24.3 Å². The van der Waals surface area contributed by atoms with Crippen LogP contribution in [-0.4, -0.2) is 5.78 Å². The molecule has 1 heterocycles. The van der Waals surface area contributed by atoms with Gasteiger partial charge < -0.3 is 0 Å². The van der Waals surface area contributed by atoms with Gasteiger partial charge >= 0.3 is 0 Å². The van der Waals surface area contributed by atoms with Gasteiger partial charge in [0, 0.05) is 17.4 Å². The number of aryl methyl sites for hydroxylation is 1. The molecule has 0 fully saturated rings. The number of carbonyl (C=O) groups is 1. The molecule has 2 rings (SSSR count). The Morgan fingerprint density at radius 1 is 1.28 bits per heavy atom. The number of Topliss-reactive ketones (excluding diaryl/α,β-unsaturated/α-hetero) is 1. The van der Waals surface area contributed by atoms with Gasteiger partial charge in [-0.3, -0.25) is 4.79 Å². The first-order valence-corrected chi connectivity index (χ1v) is 6.40. The van der Waals surface area contributed by atoms with Crippen LogP contribution in [0.25, 0.3) is 0 Å². The SMILES string of the molecule is Cc1cc(C(=O)Cc2ccc(Cl)s2)c(F)cc1F. The van der Waals surface area contributed by atoms with Crippen LogP contribution in [0.4, 0.5) is 8.78 Å². The number of hydrogen-bond donors (Lipinski definition) is 0. The summed E-state index contributed by atoms with van der Waals surface area (Å²) in [5, 5.41) is 0. The molecule has 0 aliphatic heterocycles. The zero-order valence-electron chi connectivity index (χ0n) is 9.47. The third kappa shape index (κ3) is 2.76. The molecule has 0 spiro atoms. The molecule has 0 radical (unpaired) electrons. The van der Waals surface area contributed by atoms with Crippen LogP contribution < -0.4 is 0 Å². The Kier molecular flexibility index (Phi) is 3.78. The van der Waals surface area contributed by atoms with Crippen molar-refractivity contribution in [3.8, 4) is 0 Å². The van der Waals surface area contributed by atoms with Crippen molar-refractivity contribution >= 4 is 28.7 Å². The van der Waals surface area contributed by atoms with E-state index >= 15 is 0 Å². The molecular formula is C13H9ClF2OS. The molecule has 18 heavy (non-hydrogen) atoms. The van der Waals surface area contributed by atoms with Crippen molar-refractivity contribution in [2.24, 2.45) is 0 Å². The van der Waals surface area contributed by atoms with E-state index in [2.05, 4.69) is 0 Å². The highest BCUT2D eigenvalue weighted by Crippen LogP contribution is 2.23. The van der Waals surface area contributed by atoms with Crippen LogP contribution in [0.3, 0.4) is 0 Å². The van der Waals surface area contributed by atoms with E-state index < -0.39 is 11.6 Å². The molecule has 5 heteroatoms. The minimum Gasteiger partial charge on any atom is -0.294 e. The second kappa shape index (κ2) is 5.16. The maximum Gasteiger partial charge on any atom is 0.171 e. The maximum absolute atomic E-state index is 13.5. The lowest BCUT2D eigenvalue weighted by molar-refractivity contribution is 0.0990. The van der Waals surface area contributed by atoms with Gasteiger partial charge in [0.2, 0.25) is 0 Å². The standard InChI is InChI=1S/C13H9ClF2OS/c1-7-4-9(11(16)6-10(7)15)12(17)5-8-2-3-13(14)18-8/h2-4,6H,5H2,1H3. The number of hydrogen-bond acceptors (Lipinski definition) is 2. The van der Waals surface area contributed by atoms with E-state index in [9.17, 15) is 13.6 Å². The first-order chi connectivity index (χ1) is 8.47. The van der Waals surface area contributed by atoms with Crippen molar-refractivity contribution in [2.75, 3.05) is 0 Å². The number of thiophene rings is 1. The Balaban J connectivity index is 2.26. The monoisotopic (exact) mass is 286 g/mol. The Hall–Kier alpha value is -1.26. The summed E-state index contributed by atoms with van der Waals surface area (Å²) in [5.74, 6) is -1.86. The molecule has 1 nitrogen and oxygen atoms in total. The number of halogens is 3. The van der Waals surface area contributed by atoms with Crippen molar-refractivity contribution < 1.29 is 13.6 Å². The van der Waals surface area contributed by atoms with Gasteiger partial charge in [-0.2, -0.15) is 0 Å². The third-order valence-corrected chi connectivity index (χ3v) is 3.74. The highest BCUT2D eigenvalue weighted by atomic mass is 35.5. The predicted octanol–water partition coefficient (Wildman–Crippen LogP) is 4.41. The fourth-order valence-electron chi connectivity index (χ4n) is 1.57. The molecular weight excluding hydrogens is 278 g/mol. The summed E-state index contributed by atoms with van der Waals surface area (Å²) in [6.07, 6.45) is 0.0688. The quantitative estimate of drug-likeness (QED) is 0.764. The lowest BCUT2D eigenvalue weighted by atomic mass is 10.0. The van der Waals surface area contributed by atoms with Gasteiger partial charge in [-0.15, -0.1) is 11.3 Å². The van der Waals surface area contributed by atoms with Crippen molar-refractivity contribution in [3.63, 3.8) is 0 Å².